The summed E-state index contributed by atoms with van der Waals surface area (Å²) in [6.45, 7) is 10.4. The van der Waals surface area contributed by atoms with Gasteiger partial charge in [-0.15, -0.1) is 11.3 Å². The van der Waals surface area contributed by atoms with Gasteiger partial charge in [-0.25, -0.2) is 4.98 Å². The molecule has 1 aromatic rings. The van der Waals surface area contributed by atoms with Crippen LogP contribution in [0.3, 0.4) is 0 Å². The first-order chi connectivity index (χ1) is 9.06. The van der Waals surface area contributed by atoms with Gasteiger partial charge in [0.25, 0.3) is 0 Å². The van der Waals surface area contributed by atoms with Gasteiger partial charge in [-0.1, -0.05) is 6.92 Å². The van der Waals surface area contributed by atoms with E-state index in [4.69, 9.17) is 0 Å². The Hall–Kier alpha value is -0.450. The molecular weight excluding hydrogens is 254 g/mol. The van der Waals surface area contributed by atoms with Crippen LogP contribution in [0.5, 0.6) is 0 Å². The van der Waals surface area contributed by atoms with E-state index in [-0.39, 0.29) is 5.54 Å². The van der Waals surface area contributed by atoms with Crippen molar-refractivity contribution in [3.63, 3.8) is 0 Å². The van der Waals surface area contributed by atoms with Crippen LogP contribution >= 0.6 is 11.3 Å². The molecule has 0 spiro atoms. The predicted octanol–water partition coefficient (Wildman–Crippen LogP) is 2.89. The Bertz CT molecular complexity index is 429. The molecule has 4 heteroatoms. The quantitative estimate of drug-likeness (QED) is 0.918. The molecule has 2 heterocycles. The van der Waals surface area contributed by atoms with E-state index in [1.807, 2.05) is 6.20 Å². The molecule has 2 aliphatic rings. The summed E-state index contributed by atoms with van der Waals surface area (Å²) in [6, 6.07) is 0. The molecule has 0 radical (unpaired) electrons. The van der Waals surface area contributed by atoms with E-state index in [9.17, 15) is 0 Å². The monoisotopic (exact) mass is 279 g/mol. The summed E-state index contributed by atoms with van der Waals surface area (Å²) in [4.78, 5) is 7.18. The van der Waals surface area contributed by atoms with Crippen molar-refractivity contribution in [1.82, 2.24) is 15.2 Å². The number of rotatable bonds is 4. The van der Waals surface area contributed by atoms with Gasteiger partial charge >= 0.3 is 0 Å². The van der Waals surface area contributed by atoms with E-state index in [1.165, 1.54) is 24.3 Å². The Morgan fingerprint density at radius 1 is 1.47 bits per heavy atom. The molecule has 1 saturated heterocycles. The highest BCUT2D eigenvalue weighted by Crippen LogP contribution is 2.45. The van der Waals surface area contributed by atoms with Crippen LogP contribution in [0.1, 0.15) is 45.0 Å². The number of nitrogens with zero attached hydrogens (tertiary/aromatic N) is 2. The lowest BCUT2D eigenvalue weighted by Crippen LogP contribution is -2.68. The minimum Gasteiger partial charge on any atom is -0.308 e. The minimum atomic E-state index is 0.256. The lowest BCUT2D eigenvalue weighted by atomic mass is 9.84. The van der Waals surface area contributed by atoms with E-state index in [1.54, 1.807) is 11.3 Å². The first-order valence-corrected chi connectivity index (χ1v) is 8.32. The highest BCUT2D eigenvalue weighted by molar-refractivity contribution is 7.09. The van der Waals surface area contributed by atoms with Crippen LogP contribution in [0, 0.1) is 5.92 Å². The standard InChI is InChI=1S/C15H25N3S/c1-4-14(2)11-18(9-13-16-7-8-19-13)15(3,10-17-14)12-5-6-12/h7-8,12,17H,4-6,9-11H2,1-3H3. The summed E-state index contributed by atoms with van der Waals surface area (Å²) >= 11 is 1.78. The van der Waals surface area contributed by atoms with Crippen molar-refractivity contribution < 1.29 is 0 Å². The van der Waals surface area contributed by atoms with E-state index in [0.717, 1.165) is 25.6 Å². The van der Waals surface area contributed by atoms with Crippen LogP contribution in [0.4, 0.5) is 0 Å². The second kappa shape index (κ2) is 4.83. The molecule has 1 aromatic heterocycles. The van der Waals surface area contributed by atoms with E-state index in [2.05, 4.69) is 41.4 Å². The molecule has 1 N–H and O–H groups in total. The maximum atomic E-state index is 4.49. The average molecular weight is 279 g/mol. The fourth-order valence-electron chi connectivity index (χ4n) is 3.24. The Balaban J connectivity index is 1.80. The maximum absolute atomic E-state index is 4.49. The fraction of sp³-hybridized carbons (Fsp3) is 0.800. The van der Waals surface area contributed by atoms with Gasteiger partial charge in [-0.3, -0.25) is 4.90 Å². The van der Waals surface area contributed by atoms with Crippen LogP contribution in [-0.4, -0.2) is 34.1 Å². The fourth-order valence-corrected chi connectivity index (χ4v) is 3.87. The van der Waals surface area contributed by atoms with E-state index in [0.29, 0.717) is 5.54 Å². The number of thiazole rings is 1. The van der Waals surface area contributed by atoms with Crippen molar-refractivity contribution in [2.45, 2.75) is 57.7 Å². The molecule has 3 rings (SSSR count). The topological polar surface area (TPSA) is 28.2 Å². The third-order valence-corrected chi connectivity index (χ3v) is 5.95. The van der Waals surface area contributed by atoms with Crippen molar-refractivity contribution in [3.8, 4) is 0 Å². The molecule has 1 aliphatic carbocycles. The number of hydrogen-bond acceptors (Lipinski definition) is 4. The SMILES string of the molecule is CCC1(C)CN(Cc2nccs2)C(C)(C2CC2)CN1. The van der Waals surface area contributed by atoms with Crippen molar-refractivity contribution in [2.24, 2.45) is 5.92 Å². The van der Waals surface area contributed by atoms with Gasteiger partial charge in [0.2, 0.25) is 0 Å². The normalized spacial score (nSPS) is 36.6. The molecule has 1 aliphatic heterocycles. The molecule has 3 nitrogen and oxygen atoms in total. The lowest BCUT2D eigenvalue weighted by Gasteiger charge is -2.52. The zero-order valence-corrected chi connectivity index (χ0v) is 13.1. The first kappa shape index (κ1) is 13.5. The van der Waals surface area contributed by atoms with Crippen molar-refractivity contribution in [2.75, 3.05) is 13.1 Å². The van der Waals surface area contributed by atoms with Crippen LogP contribution in [0.2, 0.25) is 0 Å². The van der Waals surface area contributed by atoms with E-state index >= 15 is 0 Å². The largest absolute Gasteiger partial charge is 0.308 e. The second-order valence-corrected chi connectivity index (χ2v) is 7.66. The summed E-state index contributed by atoms with van der Waals surface area (Å²) in [7, 11) is 0. The minimum absolute atomic E-state index is 0.256. The highest BCUT2D eigenvalue weighted by atomic mass is 32.1. The summed E-state index contributed by atoms with van der Waals surface area (Å²) in [5.74, 6) is 0.876. The van der Waals surface area contributed by atoms with Gasteiger partial charge in [-0.2, -0.15) is 0 Å². The number of piperazine rings is 1. The van der Waals surface area contributed by atoms with Gasteiger partial charge in [0.1, 0.15) is 5.01 Å². The third-order valence-electron chi connectivity index (χ3n) is 5.18. The Morgan fingerprint density at radius 2 is 2.26 bits per heavy atom. The van der Waals surface area contributed by atoms with Crippen LogP contribution in [0.25, 0.3) is 0 Å². The number of nitrogens with one attached hydrogen (secondary N) is 1. The highest BCUT2D eigenvalue weighted by Gasteiger charge is 2.50. The predicted molar refractivity (Wildman–Crippen MR) is 80.4 cm³/mol. The molecule has 0 amide bonds. The number of aromatic nitrogens is 1. The molecular formula is C15H25N3S. The van der Waals surface area contributed by atoms with Gasteiger partial charge in [-0.05, 0) is 39.0 Å². The maximum Gasteiger partial charge on any atom is 0.107 e. The third kappa shape index (κ3) is 2.58. The van der Waals surface area contributed by atoms with Crippen molar-refractivity contribution in [1.29, 1.82) is 0 Å². The molecule has 0 bridgehead atoms. The van der Waals surface area contributed by atoms with E-state index < -0.39 is 0 Å². The zero-order valence-electron chi connectivity index (χ0n) is 12.3. The van der Waals surface area contributed by atoms with Gasteiger partial charge < -0.3 is 5.32 Å². The summed E-state index contributed by atoms with van der Waals surface area (Å²) in [5.41, 5.74) is 0.575. The van der Waals surface area contributed by atoms with Gasteiger partial charge in [0.15, 0.2) is 0 Å². The lowest BCUT2D eigenvalue weighted by molar-refractivity contribution is -0.00137. The van der Waals surface area contributed by atoms with Gasteiger partial charge in [0, 0.05) is 35.7 Å². The molecule has 2 fully saturated rings. The Labute approximate surface area is 120 Å². The molecule has 0 aromatic carbocycles. The zero-order chi connectivity index (χ0) is 13.5. The molecule has 19 heavy (non-hydrogen) atoms. The van der Waals surface area contributed by atoms with Crippen LogP contribution in [-0.2, 0) is 6.54 Å². The molecule has 2 atom stereocenters. The Kier molecular flexibility index (Phi) is 3.44. The molecule has 1 saturated carbocycles. The molecule has 106 valence electrons. The summed E-state index contributed by atoms with van der Waals surface area (Å²) < 4.78 is 0. The smallest absolute Gasteiger partial charge is 0.107 e. The summed E-state index contributed by atoms with van der Waals surface area (Å²) in [5, 5.41) is 7.15. The average Bonchev–Trinajstić information content (AvgIpc) is 3.14. The summed E-state index contributed by atoms with van der Waals surface area (Å²) in [6.07, 6.45) is 5.91. The Morgan fingerprint density at radius 3 is 2.84 bits per heavy atom. The first-order valence-electron chi connectivity index (χ1n) is 7.44. The van der Waals surface area contributed by atoms with Gasteiger partial charge in [0.05, 0.1) is 6.54 Å². The van der Waals surface area contributed by atoms with Crippen molar-refractivity contribution in [3.05, 3.63) is 16.6 Å². The second-order valence-electron chi connectivity index (χ2n) is 6.68. The van der Waals surface area contributed by atoms with Crippen LogP contribution in [0.15, 0.2) is 11.6 Å². The van der Waals surface area contributed by atoms with Crippen molar-refractivity contribution >= 4 is 11.3 Å². The molecule has 2 unspecified atom stereocenters. The van der Waals surface area contributed by atoms with Crippen LogP contribution < -0.4 is 5.32 Å². The number of hydrogen-bond donors (Lipinski definition) is 1.